The van der Waals surface area contributed by atoms with E-state index in [1.807, 2.05) is 0 Å². The number of imide groups is 1. The van der Waals surface area contributed by atoms with Crippen LogP contribution >= 0.6 is 23.2 Å². The first-order valence-electron chi connectivity index (χ1n) is 8.87. The van der Waals surface area contributed by atoms with Gasteiger partial charge in [-0.15, -0.1) is 0 Å². The van der Waals surface area contributed by atoms with Crippen molar-refractivity contribution >= 4 is 46.7 Å². The molecule has 2 aromatic rings. The summed E-state index contributed by atoms with van der Waals surface area (Å²) < 4.78 is 5.10. The number of carbonyl (C=O) groups is 3. The smallest absolute Gasteiger partial charge is 0.325 e. The molecule has 1 aliphatic rings. The first-order chi connectivity index (χ1) is 13.9. The van der Waals surface area contributed by atoms with Gasteiger partial charge in [0.2, 0.25) is 5.91 Å². The van der Waals surface area contributed by atoms with E-state index < -0.39 is 12.1 Å². The lowest BCUT2D eigenvalue weighted by Gasteiger charge is -2.13. The standard InChI is InChI=1S/C20H19Cl2N3O4/c1-29-14-5-2-12(3-6-14)11-25-19(27)17(24-20(25)28)8-9-18(26)23-13-4-7-15(21)16(22)10-13/h2-7,10,17H,8-9,11H2,1H3,(H,23,26)(H,24,28). The van der Waals surface area contributed by atoms with E-state index in [0.29, 0.717) is 21.5 Å². The first-order valence-corrected chi connectivity index (χ1v) is 9.62. The molecule has 2 aromatic carbocycles. The Balaban J connectivity index is 1.53. The van der Waals surface area contributed by atoms with E-state index in [4.69, 9.17) is 27.9 Å². The number of carbonyl (C=O) groups excluding carboxylic acids is 3. The summed E-state index contributed by atoms with van der Waals surface area (Å²) in [5, 5.41) is 6.04. The Morgan fingerprint density at radius 2 is 1.86 bits per heavy atom. The first kappa shape index (κ1) is 21.0. The number of benzene rings is 2. The molecular formula is C20H19Cl2N3O4. The van der Waals surface area contributed by atoms with E-state index in [0.717, 1.165) is 10.5 Å². The summed E-state index contributed by atoms with van der Waals surface area (Å²) in [5.74, 6) is 0.0454. The highest BCUT2D eigenvalue weighted by Gasteiger charge is 2.37. The van der Waals surface area contributed by atoms with Gasteiger partial charge in [0.25, 0.3) is 5.91 Å². The maximum absolute atomic E-state index is 12.6. The monoisotopic (exact) mass is 435 g/mol. The highest BCUT2D eigenvalue weighted by atomic mass is 35.5. The molecule has 1 aliphatic heterocycles. The Morgan fingerprint density at radius 3 is 2.52 bits per heavy atom. The molecule has 1 heterocycles. The molecule has 0 aliphatic carbocycles. The molecule has 3 rings (SSSR count). The Morgan fingerprint density at radius 1 is 1.14 bits per heavy atom. The summed E-state index contributed by atoms with van der Waals surface area (Å²) in [6, 6.07) is 10.6. The quantitative estimate of drug-likeness (QED) is 0.646. The Kier molecular flexibility index (Phi) is 6.61. The van der Waals surface area contributed by atoms with Gasteiger partial charge >= 0.3 is 6.03 Å². The Labute approximate surface area is 177 Å². The summed E-state index contributed by atoms with van der Waals surface area (Å²) in [4.78, 5) is 38.0. The number of rotatable bonds is 7. The minimum absolute atomic E-state index is 0.0628. The van der Waals surface area contributed by atoms with Gasteiger partial charge in [-0.1, -0.05) is 35.3 Å². The molecule has 0 saturated carbocycles. The number of nitrogens with one attached hydrogen (secondary N) is 2. The fourth-order valence-corrected chi connectivity index (χ4v) is 3.21. The van der Waals surface area contributed by atoms with Gasteiger partial charge in [0.1, 0.15) is 11.8 Å². The lowest BCUT2D eigenvalue weighted by molar-refractivity contribution is -0.128. The number of nitrogens with zero attached hydrogens (tertiary/aromatic N) is 1. The maximum atomic E-state index is 12.6. The largest absolute Gasteiger partial charge is 0.497 e. The molecule has 0 radical (unpaired) electrons. The lowest BCUT2D eigenvalue weighted by Crippen LogP contribution is -2.31. The molecule has 1 fully saturated rings. The third-order valence-corrected chi connectivity index (χ3v) is 5.21. The molecule has 1 saturated heterocycles. The summed E-state index contributed by atoms with van der Waals surface area (Å²) in [7, 11) is 1.56. The van der Waals surface area contributed by atoms with Gasteiger partial charge in [-0.2, -0.15) is 0 Å². The van der Waals surface area contributed by atoms with Crippen LogP contribution in [-0.2, 0) is 16.1 Å². The second kappa shape index (κ2) is 9.15. The minimum Gasteiger partial charge on any atom is -0.497 e. The molecule has 2 N–H and O–H groups in total. The van der Waals surface area contributed by atoms with E-state index in [1.54, 1.807) is 49.6 Å². The third-order valence-electron chi connectivity index (χ3n) is 4.47. The highest BCUT2D eigenvalue weighted by Crippen LogP contribution is 2.25. The number of amides is 4. The molecule has 152 valence electrons. The van der Waals surface area contributed by atoms with E-state index in [9.17, 15) is 14.4 Å². The van der Waals surface area contributed by atoms with Crippen LogP contribution in [0, 0.1) is 0 Å². The molecule has 9 heteroatoms. The zero-order valence-corrected chi connectivity index (χ0v) is 17.1. The van der Waals surface area contributed by atoms with Crippen LogP contribution in [-0.4, -0.2) is 35.9 Å². The van der Waals surface area contributed by atoms with Crippen LogP contribution in [0.15, 0.2) is 42.5 Å². The van der Waals surface area contributed by atoms with Crippen molar-refractivity contribution in [1.29, 1.82) is 0 Å². The summed E-state index contributed by atoms with van der Waals surface area (Å²) in [6.45, 7) is 0.153. The van der Waals surface area contributed by atoms with Crippen LogP contribution < -0.4 is 15.4 Å². The number of hydrogen-bond donors (Lipinski definition) is 2. The molecule has 0 spiro atoms. The molecule has 29 heavy (non-hydrogen) atoms. The number of hydrogen-bond acceptors (Lipinski definition) is 4. The van der Waals surface area contributed by atoms with Crippen LogP contribution in [0.5, 0.6) is 5.75 Å². The van der Waals surface area contributed by atoms with Crippen molar-refractivity contribution < 1.29 is 19.1 Å². The highest BCUT2D eigenvalue weighted by molar-refractivity contribution is 6.42. The molecular weight excluding hydrogens is 417 g/mol. The molecule has 4 amide bonds. The number of halogens is 2. The third kappa shape index (κ3) is 5.19. The van der Waals surface area contributed by atoms with Crippen molar-refractivity contribution in [2.45, 2.75) is 25.4 Å². The van der Waals surface area contributed by atoms with Crippen molar-refractivity contribution in [3.8, 4) is 5.75 Å². The maximum Gasteiger partial charge on any atom is 0.325 e. The average Bonchev–Trinajstić information content (AvgIpc) is 2.97. The van der Waals surface area contributed by atoms with Gasteiger partial charge in [-0.05, 0) is 42.3 Å². The van der Waals surface area contributed by atoms with E-state index in [2.05, 4.69) is 10.6 Å². The average molecular weight is 436 g/mol. The fourth-order valence-electron chi connectivity index (χ4n) is 2.91. The zero-order chi connectivity index (χ0) is 21.0. The minimum atomic E-state index is -0.736. The van der Waals surface area contributed by atoms with E-state index >= 15 is 0 Å². The van der Waals surface area contributed by atoms with Crippen molar-refractivity contribution in [3.05, 3.63) is 58.1 Å². The van der Waals surface area contributed by atoms with Gasteiger partial charge in [0.05, 0.1) is 23.7 Å². The normalized spacial score (nSPS) is 16.0. The van der Waals surface area contributed by atoms with Gasteiger partial charge < -0.3 is 15.4 Å². The number of ether oxygens (including phenoxy) is 1. The molecule has 7 nitrogen and oxygen atoms in total. The zero-order valence-electron chi connectivity index (χ0n) is 15.6. The van der Waals surface area contributed by atoms with Gasteiger partial charge in [0, 0.05) is 12.1 Å². The summed E-state index contributed by atoms with van der Waals surface area (Å²) >= 11 is 11.8. The van der Waals surface area contributed by atoms with Gasteiger partial charge in [0.15, 0.2) is 0 Å². The molecule has 0 bridgehead atoms. The van der Waals surface area contributed by atoms with Crippen molar-refractivity contribution in [2.24, 2.45) is 0 Å². The fraction of sp³-hybridized carbons (Fsp3) is 0.250. The predicted molar refractivity (Wildman–Crippen MR) is 110 cm³/mol. The number of anilines is 1. The second-order valence-electron chi connectivity index (χ2n) is 6.49. The predicted octanol–water partition coefficient (Wildman–Crippen LogP) is 3.84. The summed E-state index contributed by atoms with van der Waals surface area (Å²) in [6.07, 6.45) is 0.254. The van der Waals surface area contributed by atoms with E-state index in [-0.39, 0.29) is 31.2 Å². The number of methoxy groups -OCH3 is 1. The van der Waals surface area contributed by atoms with Crippen molar-refractivity contribution in [2.75, 3.05) is 12.4 Å². The summed E-state index contributed by atoms with van der Waals surface area (Å²) in [5.41, 5.74) is 1.31. The SMILES string of the molecule is COc1ccc(CN2C(=O)NC(CCC(=O)Nc3ccc(Cl)c(Cl)c3)C2=O)cc1. The van der Waals surface area contributed by atoms with Crippen LogP contribution in [0.4, 0.5) is 10.5 Å². The second-order valence-corrected chi connectivity index (χ2v) is 7.30. The molecule has 1 unspecified atom stereocenters. The van der Waals surface area contributed by atoms with Crippen LogP contribution in [0.1, 0.15) is 18.4 Å². The lowest BCUT2D eigenvalue weighted by atomic mass is 10.1. The Bertz CT molecular complexity index is 934. The van der Waals surface area contributed by atoms with Gasteiger partial charge in [-0.3, -0.25) is 14.5 Å². The van der Waals surface area contributed by atoms with Crippen LogP contribution in [0.25, 0.3) is 0 Å². The van der Waals surface area contributed by atoms with Crippen molar-refractivity contribution in [1.82, 2.24) is 10.2 Å². The Hall–Kier alpha value is -2.77. The molecule has 0 aromatic heterocycles. The van der Waals surface area contributed by atoms with Crippen LogP contribution in [0.2, 0.25) is 10.0 Å². The van der Waals surface area contributed by atoms with Crippen molar-refractivity contribution in [3.63, 3.8) is 0 Å². The topological polar surface area (TPSA) is 87.7 Å². The van der Waals surface area contributed by atoms with Gasteiger partial charge in [-0.25, -0.2) is 4.79 Å². The van der Waals surface area contributed by atoms with Crippen LogP contribution in [0.3, 0.4) is 0 Å². The molecule has 1 atom stereocenters. The van der Waals surface area contributed by atoms with E-state index in [1.165, 1.54) is 0 Å². The number of urea groups is 1.